The smallest absolute Gasteiger partial charge is 0.292 e. The van der Waals surface area contributed by atoms with Gasteiger partial charge in [0.25, 0.3) is 11.6 Å². The predicted molar refractivity (Wildman–Crippen MR) is 87.5 cm³/mol. The molecule has 1 aliphatic heterocycles. The van der Waals surface area contributed by atoms with E-state index >= 15 is 0 Å². The Labute approximate surface area is 146 Å². The maximum atomic E-state index is 13.5. The molecule has 1 saturated heterocycles. The fraction of sp³-hybridized carbons (Fsp3) is 0.235. The molecule has 1 heterocycles. The first-order valence-electron chi connectivity index (χ1n) is 7.80. The van der Waals surface area contributed by atoms with Crippen LogP contribution >= 0.6 is 0 Å². The monoisotopic (exact) mass is 365 g/mol. The van der Waals surface area contributed by atoms with Gasteiger partial charge in [0.2, 0.25) is 0 Å². The van der Waals surface area contributed by atoms with Crippen molar-refractivity contribution in [2.75, 3.05) is 31.1 Å². The Kier molecular flexibility index (Phi) is 4.79. The first-order valence-corrected chi connectivity index (χ1v) is 7.80. The Hall–Kier alpha value is -3.10. The maximum absolute atomic E-state index is 13.5. The molecular weight excluding hydrogens is 351 g/mol. The lowest BCUT2D eigenvalue weighted by Crippen LogP contribution is -2.49. The van der Waals surface area contributed by atoms with Crippen LogP contribution in [-0.4, -0.2) is 41.9 Å². The topological polar surface area (TPSA) is 66.7 Å². The number of piperazine rings is 1. The SMILES string of the molecule is O=C(c1ccc(F)c(F)c1)N1CCN(c2cc(F)ccc2[N+](=O)[O-])CC1. The van der Waals surface area contributed by atoms with Gasteiger partial charge in [0, 0.05) is 43.9 Å². The van der Waals surface area contributed by atoms with Gasteiger partial charge in [0.15, 0.2) is 11.6 Å². The van der Waals surface area contributed by atoms with Crippen molar-refractivity contribution in [3.63, 3.8) is 0 Å². The van der Waals surface area contributed by atoms with Gasteiger partial charge in [-0.15, -0.1) is 0 Å². The molecule has 136 valence electrons. The van der Waals surface area contributed by atoms with E-state index in [4.69, 9.17) is 0 Å². The van der Waals surface area contributed by atoms with Crippen molar-refractivity contribution in [2.24, 2.45) is 0 Å². The Morgan fingerprint density at radius 3 is 2.27 bits per heavy atom. The number of anilines is 1. The van der Waals surface area contributed by atoms with E-state index in [0.29, 0.717) is 0 Å². The van der Waals surface area contributed by atoms with Crippen LogP contribution < -0.4 is 4.90 Å². The van der Waals surface area contributed by atoms with Crippen LogP contribution in [0.2, 0.25) is 0 Å². The fourth-order valence-electron chi connectivity index (χ4n) is 2.87. The summed E-state index contributed by atoms with van der Waals surface area (Å²) in [5, 5.41) is 11.1. The van der Waals surface area contributed by atoms with Crippen LogP contribution in [0.15, 0.2) is 36.4 Å². The second-order valence-corrected chi connectivity index (χ2v) is 5.80. The zero-order chi connectivity index (χ0) is 18.8. The number of rotatable bonds is 3. The number of nitrogens with zero attached hydrogens (tertiary/aromatic N) is 3. The van der Waals surface area contributed by atoms with Crippen LogP contribution in [0.5, 0.6) is 0 Å². The molecule has 0 aromatic heterocycles. The van der Waals surface area contributed by atoms with Crippen LogP contribution in [0.25, 0.3) is 0 Å². The quantitative estimate of drug-likeness (QED) is 0.620. The second-order valence-electron chi connectivity index (χ2n) is 5.80. The standard InChI is InChI=1S/C17H14F3N3O3/c18-12-2-4-15(23(25)26)16(10-12)21-5-7-22(8-6-21)17(24)11-1-3-13(19)14(20)9-11/h1-4,9-10H,5-8H2. The Bertz CT molecular complexity index is 868. The number of carbonyl (C=O) groups is 1. The Morgan fingerprint density at radius 2 is 1.65 bits per heavy atom. The summed E-state index contributed by atoms with van der Waals surface area (Å²) in [6.45, 7) is 0.927. The third-order valence-electron chi connectivity index (χ3n) is 4.21. The molecule has 0 N–H and O–H groups in total. The minimum absolute atomic E-state index is 0.0223. The van der Waals surface area contributed by atoms with Gasteiger partial charge in [-0.2, -0.15) is 0 Å². The van der Waals surface area contributed by atoms with E-state index in [2.05, 4.69) is 0 Å². The number of amides is 1. The molecule has 0 saturated carbocycles. The van der Waals surface area contributed by atoms with Crippen LogP contribution in [0.4, 0.5) is 24.5 Å². The van der Waals surface area contributed by atoms with Crippen molar-refractivity contribution in [1.82, 2.24) is 4.90 Å². The normalized spacial score (nSPS) is 14.4. The van der Waals surface area contributed by atoms with Gasteiger partial charge in [-0.25, -0.2) is 13.2 Å². The number of nitro benzene ring substituents is 1. The highest BCUT2D eigenvalue weighted by atomic mass is 19.2. The fourth-order valence-corrected chi connectivity index (χ4v) is 2.87. The van der Waals surface area contributed by atoms with Crippen molar-refractivity contribution in [1.29, 1.82) is 0 Å². The van der Waals surface area contributed by atoms with E-state index in [9.17, 15) is 28.1 Å². The molecule has 1 aliphatic rings. The molecule has 26 heavy (non-hydrogen) atoms. The predicted octanol–water partition coefficient (Wildman–Crippen LogP) is 2.97. The summed E-state index contributed by atoms with van der Waals surface area (Å²) in [6, 6.07) is 6.12. The zero-order valence-corrected chi connectivity index (χ0v) is 13.5. The number of nitro groups is 1. The van der Waals surface area contributed by atoms with Crippen molar-refractivity contribution >= 4 is 17.3 Å². The highest BCUT2D eigenvalue weighted by Gasteiger charge is 2.27. The lowest BCUT2D eigenvalue weighted by atomic mass is 10.1. The minimum atomic E-state index is -1.11. The molecular formula is C17H14F3N3O3. The number of benzene rings is 2. The molecule has 2 aromatic rings. The molecule has 0 bridgehead atoms. The molecule has 0 unspecified atom stereocenters. The molecule has 1 fully saturated rings. The minimum Gasteiger partial charge on any atom is -0.362 e. The van der Waals surface area contributed by atoms with Gasteiger partial charge >= 0.3 is 0 Å². The number of carbonyl (C=O) groups excluding carboxylic acids is 1. The molecule has 2 aromatic carbocycles. The molecule has 0 spiro atoms. The zero-order valence-electron chi connectivity index (χ0n) is 13.5. The third kappa shape index (κ3) is 3.46. The van der Waals surface area contributed by atoms with Gasteiger partial charge in [0.1, 0.15) is 11.5 Å². The second kappa shape index (κ2) is 7.03. The molecule has 1 amide bonds. The van der Waals surface area contributed by atoms with E-state index in [-0.39, 0.29) is 43.1 Å². The largest absolute Gasteiger partial charge is 0.362 e. The van der Waals surface area contributed by atoms with Gasteiger partial charge in [-0.1, -0.05) is 0 Å². The summed E-state index contributed by atoms with van der Waals surface area (Å²) >= 11 is 0. The van der Waals surface area contributed by atoms with Crippen molar-refractivity contribution in [2.45, 2.75) is 0 Å². The number of hydrogen-bond acceptors (Lipinski definition) is 4. The van der Waals surface area contributed by atoms with Gasteiger partial charge < -0.3 is 9.80 Å². The summed E-state index contributed by atoms with van der Waals surface area (Å²) < 4.78 is 39.8. The summed E-state index contributed by atoms with van der Waals surface area (Å²) in [7, 11) is 0. The number of halogens is 3. The van der Waals surface area contributed by atoms with E-state index in [1.165, 1.54) is 11.0 Å². The summed E-state index contributed by atoms with van der Waals surface area (Å²) in [4.78, 5) is 26.0. The first-order chi connectivity index (χ1) is 12.4. The van der Waals surface area contributed by atoms with Gasteiger partial charge in [-0.3, -0.25) is 14.9 Å². The van der Waals surface area contributed by atoms with E-state index in [1.54, 1.807) is 4.90 Å². The highest BCUT2D eigenvalue weighted by molar-refractivity contribution is 5.94. The van der Waals surface area contributed by atoms with Crippen LogP contribution in [0.1, 0.15) is 10.4 Å². The molecule has 3 rings (SSSR count). The maximum Gasteiger partial charge on any atom is 0.292 e. The van der Waals surface area contributed by atoms with Crippen molar-refractivity contribution in [3.05, 3.63) is 69.5 Å². The summed E-state index contributed by atoms with van der Waals surface area (Å²) in [5.41, 5.74) is -0.0456. The highest BCUT2D eigenvalue weighted by Crippen LogP contribution is 2.29. The van der Waals surface area contributed by atoms with Crippen LogP contribution in [0, 0.1) is 27.6 Å². The van der Waals surface area contributed by atoms with E-state index in [0.717, 1.165) is 30.3 Å². The van der Waals surface area contributed by atoms with Gasteiger partial charge in [0.05, 0.1) is 4.92 Å². The Morgan fingerprint density at radius 1 is 0.962 bits per heavy atom. The van der Waals surface area contributed by atoms with Crippen LogP contribution in [-0.2, 0) is 0 Å². The van der Waals surface area contributed by atoms with Gasteiger partial charge in [-0.05, 0) is 24.3 Å². The first kappa shape index (κ1) is 17.7. The lowest BCUT2D eigenvalue weighted by Gasteiger charge is -2.35. The molecule has 0 radical (unpaired) electrons. The summed E-state index contributed by atoms with van der Waals surface area (Å²) in [5.74, 6) is -3.20. The molecule has 0 aliphatic carbocycles. The van der Waals surface area contributed by atoms with Crippen LogP contribution in [0.3, 0.4) is 0 Å². The molecule has 6 nitrogen and oxygen atoms in total. The summed E-state index contributed by atoms with van der Waals surface area (Å²) in [6.07, 6.45) is 0. The van der Waals surface area contributed by atoms with Crippen molar-refractivity contribution < 1.29 is 22.9 Å². The van der Waals surface area contributed by atoms with E-state index in [1.807, 2.05) is 0 Å². The molecule has 9 heteroatoms. The Balaban J connectivity index is 1.73. The molecule has 0 atom stereocenters. The third-order valence-corrected chi connectivity index (χ3v) is 4.21. The average Bonchev–Trinajstić information content (AvgIpc) is 2.63. The van der Waals surface area contributed by atoms with Crippen molar-refractivity contribution in [3.8, 4) is 0 Å². The number of hydrogen-bond donors (Lipinski definition) is 0. The van der Waals surface area contributed by atoms with E-state index < -0.39 is 28.3 Å². The lowest BCUT2D eigenvalue weighted by molar-refractivity contribution is -0.384. The average molecular weight is 365 g/mol.